The summed E-state index contributed by atoms with van der Waals surface area (Å²) >= 11 is 7.95. The molecule has 2 saturated heterocycles. The monoisotopic (exact) mass is 464 g/mol. The number of nitrogens with zero attached hydrogens (tertiary/aromatic N) is 1. The molecule has 3 atom stereocenters. The molecule has 5 nitrogen and oxygen atoms in total. The lowest BCUT2D eigenvalue weighted by molar-refractivity contribution is -0.119. The van der Waals surface area contributed by atoms with Gasteiger partial charge in [0.1, 0.15) is 5.84 Å². The van der Waals surface area contributed by atoms with Crippen LogP contribution in [0.1, 0.15) is 53.9 Å². The lowest BCUT2D eigenvalue weighted by Gasteiger charge is -2.30. The molecule has 3 aliphatic rings. The summed E-state index contributed by atoms with van der Waals surface area (Å²) in [6, 6.07) is 0.0605. The van der Waals surface area contributed by atoms with Crippen LogP contribution in [-0.4, -0.2) is 37.4 Å². The van der Waals surface area contributed by atoms with Crippen molar-refractivity contribution in [3.8, 4) is 0 Å². The van der Waals surface area contributed by atoms with Crippen molar-refractivity contribution in [2.45, 2.75) is 59.9 Å². The van der Waals surface area contributed by atoms with Crippen molar-refractivity contribution in [2.24, 2.45) is 16.3 Å². The second-order valence-corrected chi connectivity index (χ2v) is 9.50. The molecule has 0 radical (unpaired) electrons. The van der Waals surface area contributed by atoms with Crippen LogP contribution in [0.25, 0.3) is 0 Å². The molecule has 0 spiro atoms. The zero-order chi connectivity index (χ0) is 22.9. The molecule has 2 aliphatic heterocycles. The Morgan fingerprint density at radius 2 is 2.19 bits per heavy atom. The van der Waals surface area contributed by atoms with Gasteiger partial charge in [0.05, 0.1) is 6.04 Å². The maximum atomic E-state index is 11.5. The van der Waals surface area contributed by atoms with E-state index in [0.717, 1.165) is 48.9 Å². The van der Waals surface area contributed by atoms with E-state index < -0.39 is 0 Å². The van der Waals surface area contributed by atoms with E-state index in [1.54, 1.807) is 11.9 Å². The predicted octanol–water partition coefficient (Wildman–Crippen LogP) is 5.09. The van der Waals surface area contributed by atoms with E-state index >= 15 is 0 Å². The first-order chi connectivity index (χ1) is 14.8. The molecule has 2 fully saturated rings. The van der Waals surface area contributed by atoms with Crippen molar-refractivity contribution < 1.29 is 4.79 Å². The summed E-state index contributed by atoms with van der Waals surface area (Å²) < 4.78 is 3.26. The molecule has 0 aromatic rings. The fourth-order valence-corrected chi connectivity index (χ4v) is 5.04. The van der Waals surface area contributed by atoms with Gasteiger partial charge in [-0.15, -0.1) is 0 Å². The van der Waals surface area contributed by atoms with E-state index in [1.807, 2.05) is 13.0 Å². The Kier molecular flexibility index (Phi) is 10.4. The van der Waals surface area contributed by atoms with Crippen molar-refractivity contribution in [1.29, 1.82) is 0 Å². The SMILES string of the molecule is C/C=C\C/C=C1/SNC(=NCC)C1C.CCNCCC1=CC2(C)CC(=O)NC2C=C1Cl. The minimum Gasteiger partial charge on any atom is -0.349 e. The van der Waals surface area contributed by atoms with Crippen molar-refractivity contribution in [1.82, 2.24) is 15.4 Å². The quantitative estimate of drug-likeness (QED) is 0.279. The van der Waals surface area contributed by atoms with Crippen LogP contribution in [0.3, 0.4) is 0 Å². The Morgan fingerprint density at radius 3 is 2.87 bits per heavy atom. The van der Waals surface area contributed by atoms with Gasteiger partial charge in [0.15, 0.2) is 0 Å². The van der Waals surface area contributed by atoms with Crippen molar-refractivity contribution in [3.05, 3.63) is 45.9 Å². The smallest absolute Gasteiger partial charge is 0.221 e. The Hall–Kier alpha value is -1.50. The number of carbonyl (C=O) groups excluding carboxylic acids is 1. The first-order valence-electron chi connectivity index (χ1n) is 11.2. The average Bonchev–Trinajstić information content (AvgIpc) is 3.21. The standard InChI is InChI=1S/C13H19ClN2O.C11H18N2S/c1-3-15-5-4-9-7-13(2)8-12(17)16-11(13)6-10(9)14;1-4-6-7-8-10-9(3)11(12-5-2)13-14-10/h6-7,11,15H,3-5,8H2,1-2H3,(H,16,17);4,6,8-9H,5,7H2,1-3H3,(H,12,13)/b;6-4-,10-8+. The lowest BCUT2D eigenvalue weighted by atomic mass is 9.77. The first-order valence-corrected chi connectivity index (χ1v) is 12.4. The van der Waals surface area contributed by atoms with Crippen molar-refractivity contribution >= 4 is 35.3 Å². The second-order valence-electron chi connectivity index (χ2n) is 8.21. The van der Waals surface area contributed by atoms with E-state index in [9.17, 15) is 4.79 Å². The molecule has 2 heterocycles. The third kappa shape index (κ3) is 7.26. The number of allylic oxidation sites excluding steroid dienone is 4. The minimum absolute atomic E-state index is 0.0605. The number of amidine groups is 1. The zero-order valence-electron chi connectivity index (χ0n) is 19.4. The van der Waals surface area contributed by atoms with Crippen molar-refractivity contribution in [3.63, 3.8) is 0 Å². The maximum absolute atomic E-state index is 11.5. The van der Waals surface area contributed by atoms with E-state index in [0.29, 0.717) is 12.3 Å². The Balaban J connectivity index is 0.000000225. The van der Waals surface area contributed by atoms with E-state index in [2.05, 4.69) is 72.3 Å². The van der Waals surface area contributed by atoms with Gasteiger partial charge in [-0.25, -0.2) is 0 Å². The molecule has 0 aromatic heterocycles. The third-order valence-corrected chi connectivity index (χ3v) is 7.08. The molecule has 172 valence electrons. The van der Waals surface area contributed by atoms with Gasteiger partial charge in [-0.3, -0.25) is 9.79 Å². The van der Waals surface area contributed by atoms with Gasteiger partial charge in [0.25, 0.3) is 0 Å². The molecule has 7 heteroatoms. The maximum Gasteiger partial charge on any atom is 0.221 e. The molecule has 3 N–H and O–H groups in total. The molecule has 31 heavy (non-hydrogen) atoms. The van der Waals surface area contributed by atoms with Crippen LogP contribution in [0.15, 0.2) is 50.9 Å². The highest BCUT2D eigenvalue weighted by atomic mass is 35.5. The van der Waals surface area contributed by atoms with Gasteiger partial charge in [0.2, 0.25) is 5.91 Å². The summed E-state index contributed by atoms with van der Waals surface area (Å²) in [6.45, 7) is 13.3. The van der Waals surface area contributed by atoms with E-state index in [-0.39, 0.29) is 17.4 Å². The number of halogens is 1. The van der Waals surface area contributed by atoms with Crippen LogP contribution in [-0.2, 0) is 4.79 Å². The summed E-state index contributed by atoms with van der Waals surface area (Å²) in [5.74, 6) is 1.68. The van der Waals surface area contributed by atoms with Gasteiger partial charge in [-0.05, 0) is 63.4 Å². The average molecular weight is 465 g/mol. The topological polar surface area (TPSA) is 65.5 Å². The highest BCUT2D eigenvalue weighted by molar-refractivity contribution is 8.02. The summed E-state index contributed by atoms with van der Waals surface area (Å²) in [7, 11) is 0. The van der Waals surface area contributed by atoms with Crippen LogP contribution in [0, 0.1) is 11.3 Å². The number of hydrogen-bond donors (Lipinski definition) is 3. The Morgan fingerprint density at radius 1 is 1.42 bits per heavy atom. The van der Waals surface area contributed by atoms with Gasteiger partial charge in [-0.1, -0.05) is 56.7 Å². The van der Waals surface area contributed by atoms with Gasteiger partial charge < -0.3 is 15.4 Å². The Bertz CT molecular complexity index is 786. The molecule has 0 bridgehead atoms. The van der Waals surface area contributed by atoms with Crippen LogP contribution in [0.4, 0.5) is 0 Å². The molecular weight excluding hydrogens is 428 g/mol. The largest absolute Gasteiger partial charge is 0.349 e. The summed E-state index contributed by atoms with van der Waals surface area (Å²) in [5.41, 5.74) is 1.06. The van der Waals surface area contributed by atoms with E-state index in [4.69, 9.17) is 11.6 Å². The summed E-state index contributed by atoms with van der Waals surface area (Å²) in [5, 5.41) is 7.03. The molecule has 3 rings (SSSR count). The fourth-order valence-electron chi connectivity index (χ4n) is 3.83. The second kappa shape index (κ2) is 12.5. The van der Waals surface area contributed by atoms with Gasteiger partial charge in [-0.2, -0.15) is 0 Å². The lowest BCUT2D eigenvalue weighted by Crippen LogP contribution is -2.34. The number of nitrogens with one attached hydrogen (secondary N) is 3. The zero-order valence-corrected chi connectivity index (χ0v) is 21.0. The number of amides is 1. The normalized spacial score (nSPS) is 29.9. The number of carbonyl (C=O) groups is 1. The first kappa shape index (κ1) is 25.8. The summed E-state index contributed by atoms with van der Waals surface area (Å²) in [4.78, 5) is 17.3. The van der Waals surface area contributed by atoms with Crippen LogP contribution >= 0.6 is 23.5 Å². The molecule has 0 aromatic carbocycles. The van der Waals surface area contributed by atoms with Crippen molar-refractivity contribution in [2.75, 3.05) is 19.6 Å². The number of aliphatic imine (C=N–C) groups is 1. The highest BCUT2D eigenvalue weighted by Gasteiger charge is 2.42. The molecule has 3 unspecified atom stereocenters. The third-order valence-electron chi connectivity index (χ3n) is 5.64. The highest BCUT2D eigenvalue weighted by Crippen LogP contribution is 2.41. The minimum atomic E-state index is -0.100. The van der Waals surface area contributed by atoms with Gasteiger partial charge in [0, 0.05) is 34.2 Å². The molecule has 1 aliphatic carbocycles. The Labute approximate surface area is 197 Å². The fraction of sp³-hybridized carbons (Fsp3) is 0.583. The van der Waals surface area contributed by atoms with Crippen LogP contribution in [0.2, 0.25) is 0 Å². The van der Waals surface area contributed by atoms with Gasteiger partial charge >= 0.3 is 0 Å². The van der Waals surface area contributed by atoms with Crippen LogP contribution in [0.5, 0.6) is 0 Å². The molecule has 0 saturated carbocycles. The summed E-state index contributed by atoms with van der Waals surface area (Å²) in [6.07, 6.45) is 13.2. The number of hydrogen-bond acceptors (Lipinski definition) is 4. The number of fused-ring (bicyclic) bond motifs is 1. The molecule has 1 amide bonds. The molecular formula is C24H37ClN4OS. The number of rotatable bonds is 7. The van der Waals surface area contributed by atoms with E-state index in [1.165, 1.54) is 4.91 Å². The predicted molar refractivity (Wildman–Crippen MR) is 135 cm³/mol. The van der Waals surface area contributed by atoms with Crippen LogP contribution < -0.4 is 15.4 Å².